The number of benzene rings is 2. The predicted molar refractivity (Wildman–Crippen MR) is 84.2 cm³/mol. The van der Waals surface area contributed by atoms with Crippen molar-refractivity contribution in [2.75, 3.05) is 0 Å². The molecule has 0 amide bonds. The summed E-state index contributed by atoms with van der Waals surface area (Å²) >= 11 is 0. The first kappa shape index (κ1) is 15.7. The Bertz CT molecular complexity index is 692. The molecular formula is C16H20N2O2S. The second-order valence-corrected chi connectivity index (χ2v) is 6.82. The SMILES string of the molecule is Cc1ccc(C(C)NS(=O)(=O)c2ccc(CN)cc2)cc1. The molecule has 5 heteroatoms. The molecule has 0 aromatic heterocycles. The van der Waals surface area contributed by atoms with Gasteiger partial charge in [0.1, 0.15) is 0 Å². The molecule has 0 aliphatic heterocycles. The van der Waals surface area contributed by atoms with Gasteiger partial charge in [-0.1, -0.05) is 42.0 Å². The molecule has 0 spiro atoms. The Hall–Kier alpha value is -1.69. The van der Waals surface area contributed by atoms with Gasteiger partial charge in [-0.25, -0.2) is 13.1 Å². The van der Waals surface area contributed by atoms with Crippen molar-refractivity contribution in [3.05, 3.63) is 65.2 Å². The summed E-state index contributed by atoms with van der Waals surface area (Å²) in [7, 11) is -3.53. The van der Waals surface area contributed by atoms with Crippen LogP contribution in [-0.2, 0) is 16.6 Å². The van der Waals surface area contributed by atoms with Crippen LogP contribution >= 0.6 is 0 Å². The Morgan fingerprint density at radius 2 is 1.62 bits per heavy atom. The van der Waals surface area contributed by atoms with Crippen LogP contribution in [0.15, 0.2) is 53.4 Å². The second-order valence-electron chi connectivity index (χ2n) is 5.10. The molecule has 0 aliphatic rings. The van der Waals surface area contributed by atoms with Crippen molar-refractivity contribution in [1.29, 1.82) is 0 Å². The van der Waals surface area contributed by atoms with Gasteiger partial charge in [-0.2, -0.15) is 0 Å². The number of sulfonamides is 1. The maximum absolute atomic E-state index is 12.3. The largest absolute Gasteiger partial charge is 0.326 e. The zero-order valence-corrected chi connectivity index (χ0v) is 13.0. The van der Waals surface area contributed by atoms with Crippen molar-refractivity contribution in [2.24, 2.45) is 5.73 Å². The van der Waals surface area contributed by atoms with E-state index >= 15 is 0 Å². The summed E-state index contributed by atoms with van der Waals surface area (Å²) in [6, 6.07) is 14.1. The van der Waals surface area contributed by atoms with Crippen molar-refractivity contribution < 1.29 is 8.42 Å². The Morgan fingerprint density at radius 3 is 2.14 bits per heavy atom. The number of nitrogens with one attached hydrogen (secondary N) is 1. The fourth-order valence-corrected chi connectivity index (χ4v) is 3.26. The minimum absolute atomic E-state index is 0.249. The predicted octanol–water partition coefficient (Wildman–Crippen LogP) is 2.49. The van der Waals surface area contributed by atoms with Crippen LogP contribution in [0.4, 0.5) is 0 Å². The summed E-state index contributed by atoms with van der Waals surface area (Å²) in [6.07, 6.45) is 0. The molecule has 2 aromatic rings. The van der Waals surface area contributed by atoms with E-state index < -0.39 is 10.0 Å². The minimum atomic E-state index is -3.53. The van der Waals surface area contributed by atoms with Crippen LogP contribution < -0.4 is 10.5 Å². The molecule has 0 fully saturated rings. The molecule has 0 saturated carbocycles. The molecule has 0 heterocycles. The maximum Gasteiger partial charge on any atom is 0.241 e. The fraction of sp³-hybridized carbons (Fsp3) is 0.250. The highest BCUT2D eigenvalue weighted by Gasteiger charge is 2.18. The third-order valence-electron chi connectivity index (χ3n) is 3.38. The molecule has 0 saturated heterocycles. The molecule has 3 N–H and O–H groups in total. The number of aryl methyl sites for hydroxylation is 1. The lowest BCUT2D eigenvalue weighted by molar-refractivity contribution is 0.567. The Balaban J connectivity index is 2.17. The van der Waals surface area contributed by atoms with Crippen LogP contribution in [0.5, 0.6) is 0 Å². The maximum atomic E-state index is 12.3. The Morgan fingerprint density at radius 1 is 1.05 bits per heavy atom. The van der Waals surface area contributed by atoms with Crippen LogP contribution in [0.25, 0.3) is 0 Å². The summed E-state index contributed by atoms with van der Waals surface area (Å²) in [5.41, 5.74) is 8.49. The zero-order chi connectivity index (χ0) is 15.5. The molecular weight excluding hydrogens is 284 g/mol. The van der Waals surface area contributed by atoms with Crippen LogP contribution in [0, 0.1) is 6.92 Å². The first-order valence-corrected chi connectivity index (χ1v) is 8.28. The second kappa shape index (κ2) is 6.39. The van der Waals surface area contributed by atoms with E-state index in [1.807, 2.05) is 38.1 Å². The van der Waals surface area contributed by atoms with Crippen molar-refractivity contribution in [2.45, 2.75) is 31.3 Å². The highest BCUT2D eigenvalue weighted by Crippen LogP contribution is 2.17. The summed E-state index contributed by atoms with van der Waals surface area (Å²) in [5.74, 6) is 0. The average Bonchev–Trinajstić information content (AvgIpc) is 2.47. The van der Waals surface area contributed by atoms with E-state index in [0.29, 0.717) is 6.54 Å². The van der Waals surface area contributed by atoms with Gasteiger partial charge in [0, 0.05) is 12.6 Å². The van der Waals surface area contributed by atoms with E-state index in [1.165, 1.54) is 0 Å². The van der Waals surface area contributed by atoms with E-state index in [1.54, 1.807) is 24.3 Å². The van der Waals surface area contributed by atoms with Gasteiger partial charge in [0.2, 0.25) is 10.0 Å². The fourth-order valence-electron chi connectivity index (χ4n) is 2.03. The first-order valence-electron chi connectivity index (χ1n) is 6.80. The molecule has 2 aromatic carbocycles. The van der Waals surface area contributed by atoms with E-state index in [4.69, 9.17) is 5.73 Å². The molecule has 4 nitrogen and oxygen atoms in total. The first-order chi connectivity index (χ1) is 9.92. The zero-order valence-electron chi connectivity index (χ0n) is 12.2. The lowest BCUT2D eigenvalue weighted by Crippen LogP contribution is -2.26. The molecule has 0 radical (unpaired) electrons. The molecule has 2 rings (SSSR count). The van der Waals surface area contributed by atoms with Crippen molar-refractivity contribution in [1.82, 2.24) is 4.72 Å². The quantitative estimate of drug-likeness (QED) is 0.891. The third-order valence-corrected chi connectivity index (χ3v) is 4.94. The molecule has 0 aliphatic carbocycles. The summed E-state index contributed by atoms with van der Waals surface area (Å²) < 4.78 is 27.4. The summed E-state index contributed by atoms with van der Waals surface area (Å²) in [5, 5.41) is 0. The van der Waals surface area contributed by atoms with Crippen LogP contribution in [0.3, 0.4) is 0 Å². The average molecular weight is 304 g/mol. The topological polar surface area (TPSA) is 72.2 Å². The van der Waals surface area contributed by atoms with Gasteiger partial charge in [0.25, 0.3) is 0 Å². The smallest absolute Gasteiger partial charge is 0.241 e. The third kappa shape index (κ3) is 3.91. The van der Waals surface area contributed by atoms with E-state index in [2.05, 4.69) is 4.72 Å². The van der Waals surface area contributed by atoms with Crippen LogP contribution in [0.1, 0.15) is 29.7 Å². The molecule has 21 heavy (non-hydrogen) atoms. The number of nitrogens with two attached hydrogens (primary N) is 1. The van der Waals surface area contributed by atoms with Gasteiger partial charge in [0.05, 0.1) is 4.90 Å². The van der Waals surface area contributed by atoms with Gasteiger partial charge in [-0.05, 0) is 37.1 Å². The molecule has 112 valence electrons. The minimum Gasteiger partial charge on any atom is -0.326 e. The van der Waals surface area contributed by atoms with Gasteiger partial charge < -0.3 is 5.73 Å². The number of hydrogen-bond acceptors (Lipinski definition) is 3. The Kier molecular flexibility index (Phi) is 4.77. The van der Waals surface area contributed by atoms with E-state index in [9.17, 15) is 8.42 Å². The molecule has 1 unspecified atom stereocenters. The van der Waals surface area contributed by atoms with Gasteiger partial charge >= 0.3 is 0 Å². The van der Waals surface area contributed by atoms with Crippen molar-refractivity contribution >= 4 is 10.0 Å². The van der Waals surface area contributed by atoms with E-state index in [0.717, 1.165) is 16.7 Å². The molecule has 1 atom stereocenters. The highest BCUT2D eigenvalue weighted by molar-refractivity contribution is 7.89. The summed E-state index contributed by atoms with van der Waals surface area (Å²) in [6.45, 7) is 4.22. The van der Waals surface area contributed by atoms with Gasteiger partial charge in [-0.15, -0.1) is 0 Å². The monoisotopic (exact) mass is 304 g/mol. The highest BCUT2D eigenvalue weighted by atomic mass is 32.2. The lowest BCUT2D eigenvalue weighted by Gasteiger charge is -2.15. The van der Waals surface area contributed by atoms with Gasteiger partial charge in [-0.3, -0.25) is 0 Å². The van der Waals surface area contributed by atoms with Crippen molar-refractivity contribution in [3.63, 3.8) is 0 Å². The molecule has 0 bridgehead atoms. The summed E-state index contributed by atoms with van der Waals surface area (Å²) in [4.78, 5) is 0.249. The normalized spacial score (nSPS) is 13.1. The lowest BCUT2D eigenvalue weighted by atomic mass is 10.1. The van der Waals surface area contributed by atoms with Crippen LogP contribution in [0.2, 0.25) is 0 Å². The Labute approximate surface area is 126 Å². The number of hydrogen-bond donors (Lipinski definition) is 2. The van der Waals surface area contributed by atoms with Crippen LogP contribution in [-0.4, -0.2) is 8.42 Å². The van der Waals surface area contributed by atoms with E-state index in [-0.39, 0.29) is 10.9 Å². The van der Waals surface area contributed by atoms with Crippen molar-refractivity contribution in [3.8, 4) is 0 Å². The standard InChI is InChI=1S/C16H20N2O2S/c1-12-3-7-15(8-4-12)13(2)18-21(19,20)16-9-5-14(11-17)6-10-16/h3-10,13,18H,11,17H2,1-2H3. The number of rotatable bonds is 5. The van der Waals surface area contributed by atoms with Gasteiger partial charge in [0.15, 0.2) is 0 Å².